The maximum absolute atomic E-state index is 2.54. The van der Waals surface area contributed by atoms with E-state index < -0.39 is 7.26 Å². The summed E-state index contributed by atoms with van der Waals surface area (Å²) in [6, 6.07) is 22.4. The van der Waals surface area contributed by atoms with E-state index in [-0.39, 0.29) is 0 Å². The molecule has 0 bridgehead atoms. The second-order valence-corrected chi connectivity index (χ2v) is 10.2. The molecule has 0 fully saturated rings. The summed E-state index contributed by atoms with van der Waals surface area (Å²) in [5, 5.41) is 3.12. The van der Waals surface area contributed by atoms with Crippen LogP contribution in [0.3, 0.4) is 0 Å². The van der Waals surface area contributed by atoms with Gasteiger partial charge in [-0.3, -0.25) is 0 Å². The third kappa shape index (κ3) is 2.45. The first-order valence-corrected chi connectivity index (χ1v) is 10.2. The van der Waals surface area contributed by atoms with E-state index >= 15 is 0 Å². The molecule has 0 aromatic heterocycles. The molecule has 0 saturated heterocycles. The van der Waals surface area contributed by atoms with Crippen LogP contribution in [-0.4, -0.2) is 12.3 Å². The van der Waals surface area contributed by atoms with Crippen molar-refractivity contribution >= 4 is 17.9 Å². The van der Waals surface area contributed by atoms with Gasteiger partial charge in [-0.25, -0.2) is 0 Å². The molecule has 0 amide bonds. The van der Waals surface area contributed by atoms with Crippen LogP contribution in [0.1, 0.15) is 19.3 Å². The van der Waals surface area contributed by atoms with Crippen molar-refractivity contribution in [3.05, 3.63) is 72.8 Å². The summed E-state index contributed by atoms with van der Waals surface area (Å²) < 4.78 is 0. The average Bonchev–Trinajstić information content (AvgIpc) is 2.56. The molecule has 0 heterocycles. The van der Waals surface area contributed by atoms with Crippen LogP contribution < -0.4 is 10.6 Å². The first-order chi connectivity index (χ1) is 9.82. The van der Waals surface area contributed by atoms with Crippen LogP contribution >= 0.6 is 7.26 Å². The summed E-state index contributed by atoms with van der Waals surface area (Å²) in [6.45, 7) is 2.54. The van der Waals surface area contributed by atoms with E-state index in [1.54, 1.807) is 10.6 Å². The zero-order valence-corrected chi connectivity index (χ0v) is 13.1. The molecule has 1 heteroatoms. The molecule has 0 spiro atoms. The van der Waals surface area contributed by atoms with Gasteiger partial charge in [-0.2, -0.15) is 0 Å². The first kappa shape index (κ1) is 13.6. The van der Waals surface area contributed by atoms with Crippen LogP contribution in [0.2, 0.25) is 0 Å². The van der Waals surface area contributed by atoms with Crippen LogP contribution in [0.25, 0.3) is 0 Å². The Morgan fingerprint density at radius 1 is 0.850 bits per heavy atom. The zero-order valence-electron chi connectivity index (χ0n) is 12.1. The normalized spacial score (nSPS) is 19.8. The van der Waals surface area contributed by atoms with Crippen LogP contribution in [0, 0.1) is 0 Å². The number of allylic oxidation sites excluding steroid dienone is 2. The molecule has 1 aliphatic rings. The summed E-state index contributed by atoms with van der Waals surface area (Å²) >= 11 is 0. The van der Waals surface area contributed by atoms with Gasteiger partial charge in [0.25, 0.3) is 0 Å². The Labute approximate surface area is 122 Å². The van der Waals surface area contributed by atoms with Crippen molar-refractivity contribution in [2.45, 2.75) is 24.9 Å². The standard InChI is InChI=1S/C19H23P/c1-20(17-11-5-2-6-12-17,18-13-7-3-8-14-18)19-15-9-4-10-16-19/h2-3,5-9,11-15,19-20H,4,10,16H2,1H3. The molecule has 0 nitrogen and oxygen atoms in total. The Hall–Kier alpha value is -1.39. The number of hydrogen-bond donors (Lipinski definition) is 0. The Bertz CT molecular complexity index is 532. The molecule has 2 aromatic rings. The van der Waals surface area contributed by atoms with Gasteiger partial charge in [0, 0.05) is 0 Å². The zero-order chi connectivity index (χ0) is 13.8. The van der Waals surface area contributed by atoms with Crippen molar-refractivity contribution in [1.29, 1.82) is 0 Å². The van der Waals surface area contributed by atoms with E-state index in [0.29, 0.717) is 0 Å². The fourth-order valence-corrected chi connectivity index (χ4v) is 7.72. The first-order valence-electron chi connectivity index (χ1n) is 7.59. The third-order valence-corrected chi connectivity index (χ3v) is 9.77. The molecule has 0 saturated carbocycles. The third-order valence-electron chi connectivity index (χ3n) is 4.74. The van der Waals surface area contributed by atoms with Gasteiger partial charge < -0.3 is 0 Å². The van der Waals surface area contributed by atoms with Gasteiger partial charge in [-0.05, 0) is 0 Å². The summed E-state index contributed by atoms with van der Waals surface area (Å²) in [5.41, 5.74) is 0.723. The van der Waals surface area contributed by atoms with Gasteiger partial charge in [0.1, 0.15) is 0 Å². The Morgan fingerprint density at radius 3 is 1.85 bits per heavy atom. The molecule has 0 radical (unpaired) electrons. The Kier molecular flexibility index (Phi) is 4.03. The van der Waals surface area contributed by atoms with E-state index in [1.165, 1.54) is 19.3 Å². The average molecular weight is 282 g/mol. The fourth-order valence-electron chi connectivity index (χ4n) is 3.46. The Morgan fingerprint density at radius 2 is 1.40 bits per heavy atom. The van der Waals surface area contributed by atoms with Crippen molar-refractivity contribution < 1.29 is 0 Å². The predicted octanol–water partition coefficient (Wildman–Crippen LogP) is 4.13. The molecular weight excluding hydrogens is 259 g/mol. The van der Waals surface area contributed by atoms with Gasteiger partial charge in [0.05, 0.1) is 0 Å². The van der Waals surface area contributed by atoms with E-state index in [4.69, 9.17) is 0 Å². The van der Waals surface area contributed by atoms with Crippen molar-refractivity contribution in [3.63, 3.8) is 0 Å². The SMILES string of the molecule is C[PH](c1ccccc1)(c1ccccc1)C1C=CCCC1. The van der Waals surface area contributed by atoms with Crippen LogP contribution in [-0.2, 0) is 0 Å². The van der Waals surface area contributed by atoms with Crippen molar-refractivity contribution in [3.8, 4) is 0 Å². The van der Waals surface area contributed by atoms with Crippen LogP contribution in [0.5, 0.6) is 0 Å². The second-order valence-electron chi connectivity index (χ2n) is 5.90. The molecule has 104 valence electrons. The van der Waals surface area contributed by atoms with Gasteiger partial charge in [-0.15, -0.1) is 0 Å². The van der Waals surface area contributed by atoms with Crippen molar-refractivity contribution in [2.24, 2.45) is 0 Å². The molecule has 3 rings (SSSR count). The summed E-state index contributed by atoms with van der Waals surface area (Å²) in [4.78, 5) is 0. The van der Waals surface area contributed by atoms with Crippen molar-refractivity contribution in [1.82, 2.24) is 0 Å². The van der Waals surface area contributed by atoms with Crippen LogP contribution in [0.4, 0.5) is 0 Å². The van der Waals surface area contributed by atoms with E-state index in [2.05, 4.69) is 79.5 Å². The van der Waals surface area contributed by atoms with Crippen LogP contribution in [0.15, 0.2) is 72.8 Å². The molecule has 0 N–H and O–H groups in total. The van der Waals surface area contributed by atoms with E-state index in [9.17, 15) is 0 Å². The molecular formula is C19H23P. The van der Waals surface area contributed by atoms with Crippen molar-refractivity contribution in [2.75, 3.05) is 6.66 Å². The molecule has 1 unspecified atom stereocenters. The van der Waals surface area contributed by atoms with Gasteiger partial charge in [0.2, 0.25) is 0 Å². The minimum absolute atomic E-state index is 0.723. The molecule has 2 aromatic carbocycles. The maximum atomic E-state index is 2.54. The Balaban J connectivity index is 2.12. The second kappa shape index (κ2) is 5.94. The molecule has 1 aliphatic carbocycles. The van der Waals surface area contributed by atoms with Gasteiger partial charge in [0.15, 0.2) is 0 Å². The van der Waals surface area contributed by atoms with Gasteiger partial charge >= 0.3 is 122 Å². The molecule has 1 atom stereocenters. The minimum atomic E-state index is -1.69. The number of rotatable bonds is 3. The van der Waals surface area contributed by atoms with E-state index in [1.807, 2.05) is 0 Å². The summed E-state index contributed by atoms with van der Waals surface area (Å²) in [6.07, 6.45) is 8.82. The predicted molar refractivity (Wildman–Crippen MR) is 93.2 cm³/mol. The molecule has 0 aliphatic heterocycles. The quantitative estimate of drug-likeness (QED) is 0.586. The summed E-state index contributed by atoms with van der Waals surface area (Å²) in [7, 11) is -1.69. The van der Waals surface area contributed by atoms with E-state index in [0.717, 1.165) is 5.66 Å². The molecule has 20 heavy (non-hydrogen) atoms. The monoisotopic (exact) mass is 282 g/mol. The number of hydrogen-bond acceptors (Lipinski definition) is 0. The summed E-state index contributed by atoms with van der Waals surface area (Å²) in [5.74, 6) is 0. The topological polar surface area (TPSA) is 0 Å². The van der Waals surface area contributed by atoms with Gasteiger partial charge in [-0.1, -0.05) is 0 Å². The number of benzene rings is 2. The fraction of sp³-hybridized carbons (Fsp3) is 0.263.